The van der Waals surface area contributed by atoms with Gasteiger partial charge in [0.1, 0.15) is 11.6 Å². The average Bonchev–Trinajstić information content (AvgIpc) is 2.20. The summed E-state index contributed by atoms with van der Waals surface area (Å²) < 4.78 is 17.9. The molecular formula is C11H10ClFO3. The molecule has 86 valence electrons. The minimum Gasteiger partial charge on any atom is -0.492 e. The molecule has 0 saturated carbocycles. The molecule has 16 heavy (non-hydrogen) atoms. The molecular weight excluding hydrogens is 235 g/mol. The van der Waals surface area contributed by atoms with Crippen LogP contribution >= 0.6 is 11.6 Å². The molecule has 0 aromatic heterocycles. The van der Waals surface area contributed by atoms with Crippen LogP contribution in [-0.2, 0) is 4.79 Å². The lowest BCUT2D eigenvalue weighted by Crippen LogP contribution is -1.97. The van der Waals surface area contributed by atoms with Crippen LogP contribution < -0.4 is 4.74 Å². The summed E-state index contributed by atoms with van der Waals surface area (Å²) in [4.78, 5) is 10.1. The Bertz CT molecular complexity index is 404. The first-order chi connectivity index (χ1) is 7.59. The minimum absolute atomic E-state index is 0.196. The number of carbonyl (C=O) groups is 1. The number of hydrogen-bond donors (Lipinski definition) is 1. The molecule has 0 saturated heterocycles. The number of benzene rings is 1. The molecule has 3 nitrogen and oxygen atoms in total. The molecule has 0 unspecified atom stereocenters. The quantitative estimate of drug-likeness (QED) is 0.640. The highest BCUT2D eigenvalue weighted by Gasteiger charge is 2.01. The number of rotatable bonds is 5. The number of carboxylic acids is 1. The van der Waals surface area contributed by atoms with Crippen molar-refractivity contribution in [2.75, 3.05) is 6.61 Å². The van der Waals surface area contributed by atoms with Gasteiger partial charge in [-0.1, -0.05) is 17.7 Å². The van der Waals surface area contributed by atoms with Crippen molar-refractivity contribution < 1.29 is 19.0 Å². The summed E-state index contributed by atoms with van der Waals surface area (Å²) in [5, 5.41) is 8.51. The normalized spacial score (nSPS) is 10.6. The van der Waals surface area contributed by atoms with Crippen LogP contribution in [0, 0.1) is 5.82 Å². The monoisotopic (exact) mass is 244 g/mol. The van der Waals surface area contributed by atoms with E-state index in [9.17, 15) is 9.18 Å². The van der Waals surface area contributed by atoms with E-state index in [2.05, 4.69) is 0 Å². The maximum absolute atomic E-state index is 12.7. The highest BCUT2D eigenvalue weighted by Crippen LogP contribution is 2.24. The maximum Gasteiger partial charge on any atom is 0.327 e. The first-order valence-corrected chi connectivity index (χ1v) is 4.94. The van der Waals surface area contributed by atoms with Crippen LogP contribution in [0.4, 0.5) is 4.39 Å². The van der Waals surface area contributed by atoms with E-state index in [4.69, 9.17) is 21.4 Å². The Balaban J connectivity index is 2.40. The topological polar surface area (TPSA) is 46.5 Å². The van der Waals surface area contributed by atoms with Gasteiger partial charge in [0, 0.05) is 6.08 Å². The second-order valence-corrected chi connectivity index (χ2v) is 3.36. The highest BCUT2D eigenvalue weighted by atomic mass is 35.5. The van der Waals surface area contributed by atoms with Gasteiger partial charge in [0.25, 0.3) is 0 Å². The molecule has 5 heteroatoms. The fraction of sp³-hybridized carbons (Fsp3) is 0.182. The fourth-order valence-corrected chi connectivity index (χ4v) is 1.24. The van der Waals surface area contributed by atoms with Gasteiger partial charge in [-0.3, -0.25) is 0 Å². The zero-order valence-corrected chi connectivity index (χ0v) is 9.08. The first-order valence-electron chi connectivity index (χ1n) is 4.57. The molecule has 0 aliphatic rings. The molecule has 1 aromatic rings. The predicted molar refractivity (Wildman–Crippen MR) is 58.3 cm³/mol. The maximum atomic E-state index is 12.7. The zero-order valence-electron chi connectivity index (χ0n) is 8.32. The lowest BCUT2D eigenvalue weighted by molar-refractivity contribution is -0.131. The molecule has 0 amide bonds. The van der Waals surface area contributed by atoms with Crippen molar-refractivity contribution in [3.63, 3.8) is 0 Å². The van der Waals surface area contributed by atoms with Crippen molar-refractivity contribution in [1.29, 1.82) is 0 Å². The largest absolute Gasteiger partial charge is 0.492 e. The molecule has 0 fully saturated rings. The molecule has 0 heterocycles. The van der Waals surface area contributed by atoms with E-state index in [0.717, 1.165) is 12.1 Å². The van der Waals surface area contributed by atoms with Gasteiger partial charge in [0.05, 0.1) is 11.6 Å². The standard InChI is InChI=1S/C11H10ClFO3/c12-9-7-8(13)4-5-10(9)16-6-2-1-3-11(14)15/h1,3-5,7H,2,6H2,(H,14,15)/b3-1+. The molecule has 0 spiro atoms. The minimum atomic E-state index is -1.00. The van der Waals surface area contributed by atoms with E-state index < -0.39 is 11.8 Å². The van der Waals surface area contributed by atoms with Gasteiger partial charge < -0.3 is 9.84 Å². The number of hydrogen-bond acceptors (Lipinski definition) is 2. The third kappa shape index (κ3) is 4.31. The van der Waals surface area contributed by atoms with Crippen molar-refractivity contribution in [1.82, 2.24) is 0 Å². The Labute approximate surface area is 97.1 Å². The Kier molecular flexibility index (Phi) is 4.79. The SMILES string of the molecule is O=C(O)/C=C/CCOc1ccc(F)cc1Cl. The van der Waals surface area contributed by atoms with Crippen molar-refractivity contribution in [3.05, 3.63) is 41.2 Å². The molecule has 1 rings (SSSR count). The highest BCUT2D eigenvalue weighted by molar-refractivity contribution is 6.32. The van der Waals surface area contributed by atoms with Crippen LogP contribution in [0.2, 0.25) is 5.02 Å². The van der Waals surface area contributed by atoms with Crippen LogP contribution in [0.25, 0.3) is 0 Å². The van der Waals surface area contributed by atoms with Crippen molar-refractivity contribution >= 4 is 17.6 Å². The van der Waals surface area contributed by atoms with E-state index in [1.54, 1.807) is 0 Å². The summed E-state index contributed by atoms with van der Waals surface area (Å²) >= 11 is 5.72. The van der Waals surface area contributed by atoms with Crippen molar-refractivity contribution in [2.45, 2.75) is 6.42 Å². The number of ether oxygens (including phenoxy) is 1. The van der Waals surface area contributed by atoms with Crippen LogP contribution in [-0.4, -0.2) is 17.7 Å². The second-order valence-electron chi connectivity index (χ2n) is 2.95. The second kappa shape index (κ2) is 6.12. The van der Waals surface area contributed by atoms with Crippen LogP contribution in [0.5, 0.6) is 5.75 Å². The molecule has 0 aliphatic heterocycles. The van der Waals surface area contributed by atoms with Gasteiger partial charge >= 0.3 is 5.97 Å². The van der Waals surface area contributed by atoms with Gasteiger partial charge in [-0.05, 0) is 24.6 Å². The first kappa shape index (κ1) is 12.5. The van der Waals surface area contributed by atoms with Crippen LogP contribution in [0.3, 0.4) is 0 Å². The summed E-state index contributed by atoms with van der Waals surface area (Å²) in [6, 6.07) is 3.83. The molecule has 0 aliphatic carbocycles. The molecule has 0 radical (unpaired) electrons. The Hall–Kier alpha value is -1.55. The summed E-state index contributed by atoms with van der Waals surface area (Å²) in [5.41, 5.74) is 0. The van der Waals surface area contributed by atoms with Gasteiger partial charge in [0.15, 0.2) is 0 Å². The summed E-state index contributed by atoms with van der Waals surface area (Å²) in [6.07, 6.45) is 2.95. The van der Waals surface area contributed by atoms with E-state index in [1.807, 2.05) is 0 Å². The van der Waals surface area contributed by atoms with Gasteiger partial charge in [-0.25, -0.2) is 9.18 Å². The van der Waals surface area contributed by atoms with Gasteiger partial charge in [-0.2, -0.15) is 0 Å². The summed E-state index contributed by atoms with van der Waals surface area (Å²) in [7, 11) is 0. The summed E-state index contributed by atoms with van der Waals surface area (Å²) in [6.45, 7) is 0.287. The summed E-state index contributed by atoms with van der Waals surface area (Å²) in [5.74, 6) is -1.05. The van der Waals surface area contributed by atoms with Crippen LogP contribution in [0.1, 0.15) is 6.42 Å². The predicted octanol–water partition coefficient (Wildman–Crippen LogP) is 2.89. The molecule has 1 N–H and O–H groups in total. The average molecular weight is 245 g/mol. The third-order valence-corrected chi connectivity index (χ3v) is 1.99. The Morgan fingerprint density at radius 3 is 2.94 bits per heavy atom. The molecule has 1 aromatic carbocycles. The van der Waals surface area contributed by atoms with E-state index in [0.29, 0.717) is 12.2 Å². The molecule has 0 atom stereocenters. The number of halogens is 2. The number of aliphatic carboxylic acids is 1. The lowest BCUT2D eigenvalue weighted by atomic mass is 10.3. The van der Waals surface area contributed by atoms with E-state index >= 15 is 0 Å². The fourth-order valence-electron chi connectivity index (χ4n) is 1.01. The van der Waals surface area contributed by atoms with Crippen LogP contribution in [0.15, 0.2) is 30.4 Å². The Morgan fingerprint density at radius 1 is 1.56 bits per heavy atom. The molecule has 0 bridgehead atoms. The third-order valence-electron chi connectivity index (χ3n) is 1.70. The van der Waals surface area contributed by atoms with Gasteiger partial charge in [0.2, 0.25) is 0 Å². The lowest BCUT2D eigenvalue weighted by Gasteiger charge is -2.05. The smallest absolute Gasteiger partial charge is 0.327 e. The van der Waals surface area contributed by atoms with E-state index in [-0.39, 0.29) is 11.6 Å². The van der Waals surface area contributed by atoms with Crippen molar-refractivity contribution in [2.24, 2.45) is 0 Å². The van der Waals surface area contributed by atoms with Crippen molar-refractivity contribution in [3.8, 4) is 5.75 Å². The number of carboxylic acid groups (broad SMARTS) is 1. The Morgan fingerprint density at radius 2 is 2.31 bits per heavy atom. The zero-order chi connectivity index (χ0) is 12.0. The van der Waals surface area contributed by atoms with Gasteiger partial charge in [-0.15, -0.1) is 0 Å². The van der Waals surface area contributed by atoms with E-state index in [1.165, 1.54) is 18.2 Å².